The molecule has 0 aromatic rings. The number of esters is 2. The molecule has 11 heteroatoms. The van der Waals surface area contributed by atoms with E-state index in [-0.39, 0.29) is 19.4 Å². The molecule has 0 saturated carbocycles. The molecular formula is C44H75O10P. The van der Waals surface area contributed by atoms with E-state index in [4.69, 9.17) is 19.1 Å². The van der Waals surface area contributed by atoms with E-state index >= 15 is 0 Å². The first kappa shape index (κ1) is 52.4. The molecule has 0 heterocycles. The minimum atomic E-state index is -4.63. The zero-order chi connectivity index (χ0) is 40.5. The van der Waals surface area contributed by atoms with E-state index in [1.807, 2.05) is 0 Å². The van der Waals surface area contributed by atoms with Crippen molar-refractivity contribution in [2.75, 3.05) is 26.4 Å². The summed E-state index contributed by atoms with van der Waals surface area (Å²) in [6.45, 7) is 2.23. The predicted octanol–water partition coefficient (Wildman–Crippen LogP) is 10.9. The van der Waals surface area contributed by atoms with Crippen LogP contribution in [-0.4, -0.2) is 65.7 Å². The van der Waals surface area contributed by atoms with Crippen molar-refractivity contribution in [3.05, 3.63) is 72.9 Å². The van der Waals surface area contributed by atoms with Crippen molar-refractivity contribution in [1.82, 2.24) is 0 Å². The van der Waals surface area contributed by atoms with Gasteiger partial charge in [0.25, 0.3) is 0 Å². The van der Waals surface area contributed by atoms with Gasteiger partial charge in [0, 0.05) is 12.8 Å². The maximum absolute atomic E-state index is 12.6. The largest absolute Gasteiger partial charge is 0.472 e. The molecule has 0 bridgehead atoms. The molecule has 316 valence electrons. The lowest BCUT2D eigenvalue weighted by atomic mass is 10.1. The van der Waals surface area contributed by atoms with Crippen molar-refractivity contribution in [2.24, 2.45) is 0 Å². The van der Waals surface area contributed by atoms with Gasteiger partial charge in [-0.2, -0.15) is 0 Å². The Morgan fingerprint density at radius 1 is 0.545 bits per heavy atom. The lowest BCUT2D eigenvalue weighted by molar-refractivity contribution is -0.161. The number of unbranched alkanes of at least 4 members (excludes halogenated alkanes) is 12. The molecule has 0 amide bonds. The van der Waals surface area contributed by atoms with Gasteiger partial charge in [0.1, 0.15) is 12.7 Å². The monoisotopic (exact) mass is 795 g/mol. The van der Waals surface area contributed by atoms with Gasteiger partial charge in [0.05, 0.1) is 19.8 Å². The lowest BCUT2D eigenvalue weighted by Crippen LogP contribution is -2.29. The van der Waals surface area contributed by atoms with Crippen LogP contribution in [0.5, 0.6) is 0 Å². The second-order valence-corrected chi connectivity index (χ2v) is 15.1. The molecule has 0 radical (unpaired) electrons. The highest BCUT2D eigenvalue weighted by molar-refractivity contribution is 7.47. The number of aliphatic hydroxyl groups excluding tert-OH is 2. The van der Waals surface area contributed by atoms with Crippen molar-refractivity contribution in [1.29, 1.82) is 0 Å². The number of phosphoric acid groups is 1. The first-order valence-electron chi connectivity index (χ1n) is 20.9. The Labute approximate surface area is 333 Å². The highest BCUT2D eigenvalue weighted by Gasteiger charge is 2.27. The first-order chi connectivity index (χ1) is 26.7. The molecule has 55 heavy (non-hydrogen) atoms. The summed E-state index contributed by atoms with van der Waals surface area (Å²) in [5.74, 6) is -1.00. The Balaban J connectivity index is 4.45. The van der Waals surface area contributed by atoms with Crippen molar-refractivity contribution < 1.29 is 47.8 Å². The van der Waals surface area contributed by atoms with E-state index < -0.39 is 51.8 Å². The van der Waals surface area contributed by atoms with Crippen molar-refractivity contribution in [2.45, 2.75) is 167 Å². The molecule has 0 spiro atoms. The number of hydrogen-bond acceptors (Lipinski definition) is 9. The topological polar surface area (TPSA) is 149 Å². The fraction of sp³-hybridized carbons (Fsp3) is 0.682. The number of phosphoric ester groups is 1. The summed E-state index contributed by atoms with van der Waals surface area (Å²) < 4.78 is 32.6. The van der Waals surface area contributed by atoms with E-state index in [0.717, 1.165) is 77.0 Å². The number of hydrogen-bond donors (Lipinski definition) is 3. The summed E-state index contributed by atoms with van der Waals surface area (Å²) >= 11 is 0. The first-order valence-corrected chi connectivity index (χ1v) is 22.4. The molecule has 0 aliphatic carbocycles. The number of aliphatic hydroxyl groups is 2. The van der Waals surface area contributed by atoms with Gasteiger partial charge in [-0.05, 0) is 89.9 Å². The molecule has 0 aromatic carbocycles. The normalized spacial score (nSPS) is 14.6. The fourth-order valence-electron chi connectivity index (χ4n) is 5.06. The van der Waals surface area contributed by atoms with Gasteiger partial charge in [-0.3, -0.25) is 18.6 Å². The Morgan fingerprint density at radius 3 is 1.44 bits per heavy atom. The highest BCUT2D eigenvalue weighted by Crippen LogP contribution is 2.43. The average Bonchev–Trinajstić information content (AvgIpc) is 3.17. The van der Waals surface area contributed by atoms with Crippen LogP contribution in [0, 0.1) is 0 Å². The third-order valence-corrected chi connectivity index (χ3v) is 9.28. The molecule has 0 saturated heterocycles. The summed E-state index contributed by atoms with van der Waals surface area (Å²) in [4.78, 5) is 34.9. The van der Waals surface area contributed by atoms with Gasteiger partial charge in [-0.15, -0.1) is 0 Å². The molecule has 3 atom stereocenters. The molecule has 10 nitrogen and oxygen atoms in total. The van der Waals surface area contributed by atoms with Crippen LogP contribution >= 0.6 is 7.82 Å². The van der Waals surface area contributed by atoms with Crippen molar-refractivity contribution in [3.63, 3.8) is 0 Å². The summed E-state index contributed by atoms with van der Waals surface area (Å²) in [5, 5.41) is 18.3. The van der Waals surface area contributed by atoms with E-state index in [1.165, 1.54) is 38.5 Å². The molecule has 3 N–H and O–H groups in total. The standard InChI is InChI=1S/C44H75O10P/c1-3-5-7-9-11-13-15-17-19-20-22-24-26-28-30-32-34-36-44(48)54-42(40-53-55(49,50)52-38-41(46)37-45)39-51-43(47)35-33-31-29-27-25-23-21-18-16-14-12-10-8-6-4-2/h11-14,17-19,21-22,24-25,27,41-42,45-46H,3-10,15-16,20,23,26,28-40H2,1-2H3,(H,49,50)/b13-11-,14-12-,19-17-,21-18-,24-22-,27-25-/t41-,42+/m0/s1. The second kappa shape index (κ2) is 39.6. The summed E-state index contributed by atoms with van der Waals surface area (Å²) in [7, 11) is -4.63. The Morgan fingerprint density at radius 2 is 0.945 bits per heavy atom. The van der Waals surface area contributed by atoms with Gasteiger partial charge in [-0.1, -0.05) is 125 Å². The number of rotatable bonds is 38. The van der Waals surface area contributed by atoms with Crippen LogP contribution in [0.4, 0.5) is 0 Å². The van der Waals surface area contributed by atoms with Crippen LogP contribution in [0.2, 0.25) is 0 Å². The van der Waals surface area contributed by atoms with Gasteiger partial charge < -0.3 is 24.6 Å². The molecular weight excluding hydrogens is 719 g/mol. The van der Waals surface area contributed by atoms with Crippen molar-refractivity contribution in [3.8, 4) is 0 Å². The van der Waals surface area contributed by atoms with Crippen molar-refractivity contribution >= 4 is 19.8 Å². The zero-order valence-corrected chi connectivity index (χ0v) is 35.0. The minimum Gasteiger partial charge on any atom is -0.462 e. The molecule has 1 unspecified atom stereocenters. The zero-order valence-electron chi connectivity index (χ0n) is 34.1. The number of carbonyl (C=O) groups excluding carboxylic acids is 2. The van der Waals surface area contributed by atoms with E-state index in [1.54, 1.807) is 0 Å². The second-order valence-electron chi connectivity index (χ2n) is 13.7. The maximum atomic E-state index is 12.6. The average molecular weight is 795 g/mol. The summed E-state index contributed by atoms with van der Waals surface area (Å²) in [5.41, 5.74) is 0. The highest BCUT2D eigenvalue weighted by atomic mass is 31.2. The quantitative estimate of drug-likeness (QED) is 0.0239. The molecule has 0 rings (SSSR count). The smallest absolute Gasteiger partial charge is 0.462 e. The predicted molar refractivity (Wildman–Crippen MR) is 223 cm³/mol. The van der Waals surface area contributed by atoms with Gasteiger partial charge >= 0.3 is 19.8 Å². The molecule has 0 fully saturated rings. The number of carbonyl (C=O) groups is 2. The lowest BCUT2D eigenvalue weighted by Gasteiger charge is -2.20. The van der Waals surface area contributed by atoms with Gasteiger partial charge in [0.2, 0.25) is 0 Å². The molecule has 0 aromatic heterocycles. The van der Waals surface area contributed by atoms with Crippen LogP contribution in [-0.2, 0) is 32.7 Å². The van der Waals surface area contributed by atoms with E-state index in [9.17, 15) is 24.2 Å². The van der Waals surface area contributed by atoms with Crippen LogP contribution in [0.15, 0.2) is 72.9 Å². The Hall–Kier alpha value is -2.59. The molecule has 0 aliphatic rings. The number of ether oxygens (including phenoxy) is 2. The summed E-state index contributed by atoms with van der Waals surface area (Å²) in [6, 6.07) is 0. The van der Waals surface area contributed by atoms with E-state index in [0.29, 0.717) is 12.8 Å². The summed E-state index contributed by atoms with van der Waals surface area (Å²) in [6.07, 6.45) is 44.4. The maximum Gasteiger partial charge on any atom is 0.472 e. The Kier molecular flexibility index (Phi) is 37.8. The fourth-order valence-corrected chi connectivity index (χ4v) is 5.85. The third kappa shape index (κ3) is 39.4. The number of allylic oxidation sites excluding steroid dienone is 12. The van der Waals surface area contributed by atoms with Gasteiger partial charge in [0.15, 0.2) is 6.10 Å². The molecule has 0 aliphatic heterocycles. The van der Waals surface area contributed by atoms with Gasteiger partial charge in [-0.25, -0.2) is 4.57 Å². The van der Waals surface area contributed by atoms with Crippen LogP contribution in [0.1, 0.15) is 155 Å². The Bertz CT molecular complexity index is 1140. The SMILES string of the molecule is CCCCC/C=C\C/C=C\C/C=C\CCCCCCC(=O)O[C@H](COC(=O)CCCC/C=C\C/C=C\C/C=C\CCCCC)COP(=O)(O)OC[C@@H](O)CO. The third-order valence-electron chi connectivity index (χ3n) is 8.33. The van der Waals surface area contributed by atoms with Crippen LogP contribution in [0.25, 0.3) is 0 Å². The van der Waals surface area contributed by atoms with Crippen LogP contribution < -0.4 is 0 Å². The minimum absolute atomic E-state index is 0.146. The van der Waals surface area contributed by atoms with Crippen LogP contribution in [0.3, 0.4) is 0 Å². The van der Waals surface area contributed by atoms with E-state index in [2.05, 4.69) is 91.3 Å².